The minimum Gasteiger partial charge on any atom is -0.497 e. The summed E-state index contributed by atoms with van der Waals surface area (Å²) in [6, 6.07) is 9.16. The van der Waals surface area contributed by atoms with Gasteiger partial charge >= 0.3 is 0 Å². The molecular formula is C21H23N5O3. The van der Waals surface area contributed by atoms with Gasteiger partial charge in [-0.2, -0.15) is 5.10 Å². The summed E-state index contributed by atoms with van der Waals surface area (Å²) in [4.78, 5) is 23.4. The average molecular weight is 393 g/mol. The van der Waals surface area contributed by atoms with Gasteiger partial charge in [0.25, 0.3) is 0 Å². The van der Waals surface area contributed by atoms with Gasteiger partial charge < -0.3 is 14.4 Å². The fraction of sp³-hybridized carbons (Fsp3) is 0.333. The lowest BCUT2D eigenvalue weighted by atomic mass is 9.95. The van der Waals surface area contributed by atoms with Crippen molar-refractivity contribution in [3.05, 3.63) is 60.8 Å². The molecule has 0 radical (unpaired) electrons. The van der Waals surface area contributed by atoms with Crippen molar-refractivity contribution >= 4 is 5.91 Å². The largest absolute Gasteiger partial charge is 0.497 e. The lowest BCUT2D eigenvalue weighted by Gasteiger charge is -2.32. The Morgan fingerprint density at radius 2 is 2.14 bits per heavy atom. The first-order valence-electron chi connectivity index (χ1n) is 9.60. The first-order chi connectivity index (χ1) is 14.2. The van der Waals surface area contributed by atoms with Gasteiger partial charge in [-0.25, -0.2) is 4.98 Å². The molecule has 8 heteroatoms. The molecule has 0 bridgehead atoms. The fourth-order valence-corrected chi connectivity index (χ4v) is 3.47. The van der Waals surface area contributed by atoms with Gasteiger partial charge in [0.1, 0.15) is 18.0 Å². The quantitative estimate of drug-likeness (QED) is 0.640. The van der Waals surface area contributed by atoms with E-state index in [2.05, 4.69) is 15.1 Å². The number of hydrogen-bond acceptors (Lipinski definition) is 6. The zero-order chi connectivity index (χ0) is 20.1. The number of carbonyl (C=O) groups excluding carboxylic acids is 1. The summed E-state index contributed by atoms with van der Waals surface area (Å²) < 4.78 is 12.7. The molecule has 1 amide bonds. The second-order valence-corrected chi connectivity index (χ2v) is 6.95. The maximum Gasteiger partial charge on any atom is 0.244 e. The van der Waals surface area contributed by atoms with Gasteiger partial charge in [0.05, 0.1) is 19.0 Å². The highest BCUT2D eigenvalue weighted by atomic mass is 16.5. The number of rotatable bonds is 6. The number of ether oxygens (including phenoxy) is 2. The molecular weight excluding hydrogens is 370 g/mol. The number of aromatic nitrogens is 4. The summed E-state index contributed by atoms with van der Waals surface area (Å²) in [5, 5.41) is 4.11. The van der Waals surface area contributed by atoms with Crippen LogP contribution in [0, 0.1) is 0 Å². The molecule has 1 atom stereocenters. The number of amides is 1. The van der Waals surface area contributed by atoms with Gasteiger partial charge in [-0.1, -0.05) is 6.07 Å². The van der Waals surface area contributed by atoms with E-state index >= 15 is 0 Å². The number of piperidine rings is 1. The fourth-order valence-electron chi connectivity index (χ4n) is 3.47. The number of benzene rings is 1. The standard InChI is InChI=1S/C21H23N5O3/c1-28-17-6-2-7-18(11-17)29-20-13-22-12-19(24-20)16-5-3-9-25(14-16)21(27)15-26-10-4-8-23-26/h2,4,6-8,10-13,16H,3,5,9,14-15H2,1H3/t16-/m1/s1. The second kappa shape index (κ2) is 8.72. The SMILES string of the molecule is COc1cccc(Oc2cncc([C@@H]3CCCN(C(=O)Cn4cccn4)C3)n2)c1. The number of hydrogen-bond donors (Lipinski definition) is 0. The molecule has 150 valence electrons. The Morgan fingerprint density at radius 1 is 1.24 bits per heavy atom. The van der Waals surface area contributed by atoms with Crippen LogP contribution in [0.25, 0.3) is 0 Å². The molecule has 1 saturated heterocycles. The maximum atomic E-state index is 12.6. The zero-order valence-electron chi connectivity index (χ0n) is 16.3. The van der Waals surface area contributed by atoms with Crippen molar-refractivity contribution in [2.75, 3.05) is 20.2 Å². The predicted molar refractivity (Wildman–Crippen MR) is 106 cm³/mol. The van der Waals surface area contributed by atoms with Gasteiger partial charge in [0.15, 0.2) is 0 Å². The molecule has 2 aromatic heterocycles. The minimum absolute atomic E-state index is 0.0649. The number of carbonyl (C=O) groups is 1. The van der Waals surface area contributed by atoms with Crippen LogP contribution in [0.15, 0.2) is 55.1 Å². The van der Waals surface area contributed by atoms with Crippen LogP contribution in [0.2, 0.25) is 0 Å². The molecule has 0 spiro atoms. The number of nitrogens with zero attached hydrogens (tertiary/aromatic N) is 5. The van der Waals surface area contributed by atoms with Crippen LogP contribution < -0.4 is 9.47 Å². The van der Waals surface area contributed by atoms with E-state index in [1.165, 1.54) is 0 Å². The van der Waals surface area contributed by atoms with Gasteiger partial charge in [-0.3, -0.25) is 14.5 Å². The smallest absolute Gasteiger partial charge is 0.244 e. The molecule has 4 rings (SSSR count). The average Bonchev–Trinajstić information content (AvgIpc) is 3.27. The summed E-state index contributed by atoms with van der Waals surface area (Å²) >= 11 is 0. The predicted octanol–water partition coefficient (Wildman–Crippen LogP) is 2.88. The lowest BCUT2D eigenvalue weighted by Crippen LogP contribution is -2.41. The molecule has 1 fully saturated rings. The Kier molecular flexibility index (Phi) is 5.69. The van der Waals surface area contributed by atoms with E-state index in [0.717, 1.165) is 25.1 Å². The first kappa shape index (κ1) is 18.9. The maximum absolute atomic E-state index is 12.6. The van der Waals surface area contributed by atoms with Gasteiger partial charge in [-0.15, -0.1) is 0 Å². The zero-order valence-corrected chi connectivity index (χ0v) is 16.3. The van der Waals surface area contributed by atoms with E-state index in [1.807, 2.05) is 29.2 Å². The van der Waals surface area contributed by atoms with Crippen molar-refractivity contribution < 1.29 is 14.3 Å². The summed E-state index contributed by atoms with van der Waals surface area (Å²) in [5.41, 5.74) is 0.835. The van der Waals surface area contributed by atoms with E-state index in [0.29, 0.717) is 23.9 Å². The highest BCUT2D eigenvalue weighted by Crippen LogP contribution is 2.28. The highest BCUT2D eigenvalue weighted by Gasteiger charge is 2.26. The van der Waals surface area contributed by atoms with Crippen LogP contribution in [-0.4, -0.2) is 50.8 Å². The Hall–Kier alpha value is -3.42. The van der Waals surface area contributed by atoms with Crippen molar-refractivity contribution in [1.29, 1.82) is 0 Å². The summed E-state index contributed by atoms with van der Waals surface area (Å²) in [6.45, 7) is 1.63. The Bertz CT molecular complexity index is 960. The van der Waals surface area contributed by atoms with Crippen molar-refractivity contribution in [1.82, 2.24) is 24.6 Å². The van der Waals surface area contributed by atoms with E-state index in [1.54, 1.807) is 42.6 Å². The third kappa shape index (κ3) is 4.71. The Morgan fingerprint density at radius 3 is 2.97 bits per heavy atom. The van der Waals surface area contributed by atoms with Crippen molar-refractivity contribution in [2.45, 2.75) is 25.3 Å². The Balaban J connectivity index is 1.43. The normalized spacial score (nSPS) is 16.4. The lowest BCUT2D eigenvalue weighted by molar-refractivity contribution is -0.133. The number of methoxy groups -OCH3 is 1. The third-order valence-electron chi connectivity index (χ3n) is 4.94. The van der Waals surface area contributed by atoms with Crippen LogP contribution in [0.3, 0.4) is 0 Å². The van der Waals surface area contributed by atoms with Gasteiger partial charge in [0.2, 0.25) is 11.8 Å². The molecule has 1 aromatic carbocycles. The molecule has 1 aliphatic heterocycles. The monoisotopic (exact) mass is 393 g/mol. The van der Waals surface area contributed by atoms with Crippen molar-refractivity contribution in [3.8, 4) is 17.4 Å². The molecule has 8 nitrogen and oxygen atoms in total. The van der Waals surface area contributed by atoms with Crippen LogP contribution in [0.4, 0.5) is 0 Å². The van der Waals surface area contributed by atoms with Crippen LogP contribution in [-0.2, 0) is 11.3 Å². The Labute approximate surface area is 169 Å². The first-order valence-corrected chi connectivity index (χ1v) is 9.60. The third-order valence-corrected chi connectivity index (χ3v) is 4.94. The van der Waals surface area contributed by atoms with Crippen LogP contribution >= 0.6 is 0 Å². The van der Waals surface area contributed by atoms with E-state index in [-0.39, 0.29) is 18.4 Å². The van der Waals surface area contributed by atoms with Gasteiger partial charge in [-0.05, 0) is 31.0 Å². The molecule has 0 unspecified atom stereocenters. The van der Waals surface area contributed by atoms with E-state index in [9.17, 15) is 4.79 Å². The molecule has 29 heavy (non-hydrogen) atoms. The number of likely N-dealkylation sites (tertiary alicyclic amines) is 1. The molecule has 0 aliphatic carbocycles. The van der Waals surface area contributed by atoms with Crippen molar-refractivity contribution in [2.24, 2.45) is 0 Å². The van der Waals surface area contributed by atoms with Crippen LogP contribution in [0.1, 0.15) is 24.5 Å². The minimum atomic E-state index is 0.0649. The summed E-state index contributed by atoms with van der Waals surface area (Å²) in [5.74, 6) is 1.97. The highest BCUT2D eigenvalue weighted by molar-refractivity contribution is 5.76. The second-order valence-electron chi connectivity index (χ2n) is 6.95. The van der Waals surface area contributed by atoms with E-state index in [4.69, 9.17) is 9.47 Å². The topological polar surface area (TPSA) is 82.4 Å². The molecule has 0 N–H and O–H groups in total. The van der Waals surface area contributed by atoms with Crippen molar-refractivity contribution in [3.63, 3.8) is 0 Å². The van der Waals surface area contributed by atoms with Gasteiger partial charge in [0, 0.05) is 43.7 Å². The van der Waals surface area contributed by atoms with E-state index < -0.39 is 0 Å². The molecule has 1 aliphatic rings. The molecule has 3 heterocycles. The van der Waals surface area contributed by atoms with Crippen LogP contribution in [0.5, 0.6) is 17.4 Å². The summed E-state index contributed by atoms with van der Waals surface area (Å²) in [6.07, 6.45) is 8.71. The molecule has 0 saturated carbocycles. The summed E-state index contributed by atoms with van der Waals surface area (Å²) in [7, 11) is 1.61. The molecule has 3 aromatic rings.